The second-order valence-corrected chi connectivity index (χ2v) is 5.96. The highest BCUT2D eigenvalue weighted by atomic mass is 32.1. The molecule has 0 atom stereocenters. The van der Waals surface area contributed by atoms with Gasteiger partial charge < -0.3 is 10.2 Å². The predicted molar refractivity (Wildman–Crippen MR) is 83.3 cm³/mol. The van der Waals surface area contributed by atoms with Crippen LogP contribution in [0, 0.1) is 0 Å². The molecule has 3 nitrogen and oxygen atoms in total. The summed E-state index contributed by atoms with van der Waals surface area (Å²) in [5.41, 5.74) is 4.13. The number of hydrogen-bond acceptors (Lipinski definition) is 4. The lowest BCUT2D eigenvalue weighted by Crippen LogP contribution is -2.24. The second kappa shape index (κ2) is 5.21. The van der Waals surface area contributed by atoms with E-state index in [9.17, 15) is 0 Å². The van der Waals surface area contributed by atoms with Gasteiger partial charge in [-0.3, -0.25) is 0 Å². The summed E-state index contributed by atoms with van der Waals surface area (Å²) in [7, 11) is 2.17. The maximum absolute atomic E-state index is 4.41. The zero-order valence-electron chi connectivity index (χ0n) is 11.4. The van der Waals surface area contributed by atoms with Gasteiger partial charge in [0.1, 0.15) is 0 Å². The van der Waals surface area contributed by atoms with Crippen LogP contribution >= 0.6 is 11.3 Å². The largest absolute Gasteiger partial charge is 0.374 e. The van der Waals surface area contributed by atoms with Crippen molar-refractivity contribution in [2.24, 2.45) is 0 Å². The molecule has 0 radical (unpaired) electrons. The zero-order valence-corrected chi connectivity index (χ0v) is 12.3. The van der Waals surface area contributed by atoms with Crippen LogP contribution in [0.5, 0.6) is 0 Å². The van der Waals surface area contributed by atoms with E-state index >= 15 is 0 Å². The average Bonchev–Trinajstić information content (AvgIpc) is 2.88. The van der Waals surface area contributed by atoms with Crippen LogP contribution in [0.25, 0.3) is 10.4 Å². The molecule has 2 aromatic rings. The Bertz CT molecular complexity index is 577. The molecule has 1 aromatic carbocycles. The molecule has 19 heavy (non-hydrogen) atoms. The van der Waals surface area contributed by atoms with Crippen LogP contribution in [0.4, 0.5) is 10.8 Å². The Morgan fingerprint density at radius 1 is 1.42 bits per heavy atom. The van der Waals surface area contributed by atoms with Gasteiger partial charge in [0.05, 0.1) is 4.88 Å². The van der Waals surface area contributed by atoms with Crippen molar-refractivity contribution in [3.05, 3.63) is 30.0 Å². The van der Waals surface area contributed by atoms with Crippen molar-refractivity contribution in [2.45, 2.75) is 19.8 Å². The summed E-state index contributed by atoms with van der Waals surface area (Å²) in [5.74, 6) is 0. The fourth-order valence-electron chi connectivity index (χ4n) is 2.58. The normalized spacial score (nSPS) is 14.3. The number of hydrogen-bond donors (Lipinski definition) is 1. The molecule has 0 unspecified atom stereocenters. The first-order valence-electron chi connectivity index (χ1n) is 6.82. The van der Waals surface area contributed by atoms with E-state index in [0.717, 1.165) is 18.2 Å². The summed E-state index contributed by atoms with van der Waals surface area (Å²) in [5, 5.41) is 4.27. The Kier molecular flexibility index (Phi) is 3.42. The van der Waals surface area contributed by atoms with Gasteiger partial charge in [0.25, 0.3) is 0 Å². The summed E-state index contributed by atoms with van der Waals surface area (Å²) >= 11 is 1.73. The van der Waals surface area contributed by atoms with Crippen molar-refractivity contribution in [3.63, 3.8) is 0 Å². The molecule has 2 heterocycles. The maximum atomic E-state index is 4.41. The van der Waals surface area contributed by atoms with Gasteiger partial charge in [0.15, 0.2) is 5.13 Å². The van der Waals surface area contributed by atoms with Gasteiger partial charge in [-0.05, 0) is 43.0 Å². The Morgan fingerprint density at radius 2 is 2.32 bits per heavy atom. The Morgan fingerprint density at radius 3 is 3.16 bits per heavy atom. The highest BCUT2D eigenvalue weighted by Gasteiger charge is 2.14. The minimum atomic E-state index is 0.919. The van der Waals surface area contributed by atoms with Crippen LogP contribution in [0.2, 0.25) is 0 Å². The van der Waals surface area contributed by atoms with Crippen molar-refractivity contribution in [1.82, 2.24) is 4.98 Å². The highest BCUT2D eigenvalue weighted by molar-refractivity contribution is 7.18. The number of fused-ring (bicyclic) bond motifs is 1. The van der Waals surface area contributed by atoms with Crippen molar-refractivity contribution >= 4 is 22.2 Å². The van der Waals surface area contributed by atoms with Crippen molar-refractivity contribution < 1.29 is 0 Å². The van der Waals surface area contributed by atoms with Crippen molar-refractivity contribution in [3.8, 4) is 10.4 Å². The van der Waals surface area contributed by atoms with Gasteiger partial charge in [-0.1, -0.05) is 17.4 Å². The van der Waals surface area contributed by atoms with Gasteiger partial charge in [-0.2, -0.15) is 0 Å². The van der Waals surface area contributed by atoms with Crippen LogP contribution in [0.15, 0.2) is 24.4 Å². The summed E-state index contributed by atoms with van der Waals surface area (Å²) < 4.78 is 0. The Labute approximate surface area is 118 Å². The van der Waals surface area contributed by atoms with Crippen LogP contribution < -0.4 is 10.2 Å². The lowest BCUT2D eigenvalue weighted by atomic mass is 9.99. The molecule has 1 aromatic heterocycles. The van der Waals surface area contributed by atoms with Gasteiger partial charge in [0.2, 0.25) is 0 Å². The third-order valence-electron chi connectivity index (χ3n) is 3.55. The molecule has 0 amide bonds. The molecule has 0 bridgehead atoms. The molecule has 0 fully saturated rings. The molecule has 0 saturated carbocycles. The van der Waals surface area contributed by atoms with E-state index in [1.54, 1.807) is 11.3 Å². The van der Waals surface area contributed by atoms with Gasteiger partial charge in [-0.15, -0.1) is 0 Å². The SMILES string of the molecule is CCNc1ncc(-c2ccc3c(c2)CCCN3C)s1. The average molecular weight is 273 g/mol. The molecule has 0 spiro atoms. The molecule has 0 aliphatic carbocycles. The summed E-state index contributed by atoms with van der Waals surface area (Å²) in [4.78, 5) is 8.00. The van der Waals surface area contributed by atoms with Crippen LogP contribution in [-0.4, -0.2) is 25.1 Å². The van der Waals surface area contributed by atoms with E-state index in [0.29, 0.717) is 0 Å². The molecular formula is C15H19N3S. The predicted octanol–water partition coefficient (Wildman–Crippen LogP) is 3.62. The van der Waals surface area contributed by atoms with E-state index in [1.807, 2.05) is 6.20 Å². The quantitative estimate of drug-likeness (QED) is 0.925. The lowest BCUT2D eigenvalue weighted by Gasteiger charge is -2.27. The number of aromatic nitrogens is 1. The van der Waals surface area contributed by atoms with Gasteiger partial charge >= 0.3 is 0 Å². The zero-order chi connectivity index (χ0) is 13.2. The molecule has 1 aliphatic rings. The monoisotopic (exact) mass is 273 g/mol. The fourth-order valence-corrected chi connectivity index (χ4v) is 3.46. The Balaban J connectivity index is 1.92. The second-order valence-electron chi connectivity index (χ2n) is 4.93. The number of nitrogens with one attached hydrogen (secondary N) is 1. The minimum absolute atomic E-state index is 0.919. The van der Waals surface area contributed by atoms with Gasteiger partial charge in [0, 0.05) is 32.0 Å². The highest BCUT2D eigenvalue weighted by Crippen LogP contribution is 2.34. The molecule has 100 valence electrons. The van der Waals surface area contributed by atoms with Gasteiger partial charge in [-0.25, -0.2) is 4.98 Å². The Hall–Kier alpha value is -1.55. The first kappa shape index (κ1) is 12.5. The standard InChI is InChI=1S/C15H19N3S/c1-3-16-15-17-10-14(19-15)12-6-7-13-11(9-12)5-4-8-18(13)2/h6-7,9-10H,3-5,8H2,1-2H3,(H,16,17). The number of anilines is 2. The van der Waals surface area contributed by atoms with E-state index in [4.69, 9.17) is 0 Å². The van der Waals surface area contributed by atoms with Crippen molar-refractivity contribution in [1.29, 1.82) is 0 Å². The number of aryl methyl sites for hydroxylation is 1. The van der Waals surface area contributed by atoms with Crippen LogP contribution in [0.1, 0.15) is 18.9 Å². The topological polar surface area (TPSA) is 28.2 Å². The van der Waals surface area contributed by atoms with E-state index in [2.05, 4.69) is 47.4 Å². The van der Waals surface area contributed by atoms with E-state index < -0.39 is 0 Å². The van der Waals surface area contributed by atoms with Crippen LogP contribution in [0.3, 0.4) is 0 Å². The number of rotatable bonds is 3. The smallest absolute Gasteiger partial charge is 0.183 e. The molecule has 4 heteroatoms. The fraction of sp³-hybridized carbons (Fsp3) is 0.400. The first-order valence-corrected chi connectivity index (χ1v) is 7.63. The molecule has 1 N–H and O–H groups in total. The molecule has 1 aliphatic heterocycles. The summed E-state index contributed by atoms with van der Waals surface area (Å²) in [6.45, 7) is 4.18. The van der Waals surface area contributed by atoms with Crippen molar-refractivity contribution in [2.75, 3.05) is 30.4 Å². The molecule has 0 saturated heterocycles. The van der Waals surface area contributed by atoms with Crippen LogP contribution in [-0.2, 0) is 6.42 Å². The first-order chi connectivity index (χ1) is 9.28. The number of thiazole rings is 1. The minimum Gasteiger partial charge on any atom is -0.374 e. The number of benzene rings is 1. The number of nitrogens with zero attached hydrogens (tertiary/aromatic N) is 2. The van der Waals surface area contributed by atoms with E-state index in [1.165, 1.54) is 34.5 Å². The molecule has 3 rings (SSSR count). The van der Waals surface area contributed by atoms with E-state index in [-0.39, 0.29) is 0 Å². The maximum Gasteiger partial charge on any atom is 0.183 e. The summed E-state index contributed by atoms with van der Waals surface area (Å²) in [6, 6.07) is 6.79. The third kappa shape index (κ3) is 2.45. The third-order valence-corrected chi connectivity index (χ3v) is 4.55. The lowest BCUT2D eigenvalue weighted by molar-refractivity contribution is 0.745. The molecular weight excluding hydrogens is 254 g/mol. The summed E-state index contributed by atoms with van der Waals surface area (Å²) in [6.07, 6.45) is 4.40.